The second-order valence-corrected chi connectivity index (χ2v) is 4.70. The monoisotopic (exact) mass is 285 g/mol. The Morgan fingerprint density at radius 2 is 1.85 bits per heavy atom. The van der Waals surface area contributed by atoms with Crippen LogP contribution in [0.2, 0.25) is 0 Å². The molecule has 0 radical (unpaired) electrons. The van der Waals surface area contributed by atoms with Crippen LogP contribution < -0.4 is 10.6 Å². The summed E-state index contributed by atoms with van der Waals surface area (Å²) in [7, 11) is 2.04. The van der Waals surface area contributed by atoms with Crippen molar-refractivity contribution in [3.63, 3.8) is 0 Å². The van der Waals surface area contributed by atoms with Gasteiger partial charge in [-0.25, -0.2) is 9.59 Å². The summed E-state index contributed by atoms with van der Waals surface area (Å²) in [5, 5.41) is 12.8. The maximum atomic E-state index is 11.3. The number of carbonyl (C=O) groups excluding carboxylic acids is 2. The van der Waals surface area contributed by atoms with Gasteiger partial charge in [-0.05, 0) is 40.3 Å². The molecule has 0 rings (SSSR count). The van der Waals surface area contributed by atoms with E-state index in [1.807, 2.05) is 12.4 Å². The van der Waals surface area contributed by atoms with E-state index in [2.05, 4.69) is 24.1 Å². The summed E-state index contributed by atoms with van der Waals surface area (Å²) in [5.41, 5.74) is 0. The fourth-order valence-electron chi connectivity index (χ4n) is 1.29. The lowest BCUT2D eigenvalue weighted by molar-refractivity contribution is -0.131. The molecule has 0 spiro atoms. The first-order valence-electron chi connectivity index (χ1n) is 6.53. The van der Waals surface area contributed by atoms with Gasteiger partial charge >= 0.3 is 12.0 Å². The third-order valence-corrected chi connectivity index (χ3v) is 2.72. The van der Waals surface area contributed by atoms with Crippen molar-refractivity contribution in [2.24, 2.45) is 0 Å². The number of amides is 3. The first-order valence-corrected chi connectivity index (χ1v) is 6.53. The largest absolute Gasteiger partial charge is 0.478 e. The Kier molecular flexibility index (Phi) is 9.02. The number of carbonyl (C=O) groups is 3. The average molecular weight is 285 g/mol. The molecule has 0 atom stereocenters. The minimum absolute atomic E-state index is 0.466. The molecule has 0 aromatic rings. The third kappa shape index (κ3) is 10.1. The van der Waals surface area contributed by atoms with Gasteiger partial charge in [-0.1, -0.05) is 0 Å². The van der Waals surface area contributed by atoms with Crippen molar-refractivity contribution in [1.82, 2.24) is 15.5 Å². The molecule has 0 unspecified atom stereocenters. The second-order valence-electron chi connectivity index (χ2n) is 4.70. The molecule has 0 aromatic heterocycles. The van der Waals surface area contributed by atoms with E-state index in [1.54, 1.807) is 0 Å². The summed E-state index contributed by atoms with van der Waals surface area (Å²) in [6.07, 6.45) is 3.22. The fraction of sp³-hybridized carbons (Fsp3) is 0.615. The van der Waals surface area contributed by atoms with E-state index in [0.717, 1.165) is 25.5 Å². The number of nitrogens with zero attached hydrogens (tertiary/aromatic N) is 1. The van der Waals surface area contributed by atoms with Gasteiger partial charge < -0.3 is 15.3 Å². The Balaban J connectivity index is 3.69. The molecule has 7 nitrogen and oxygen atoms in total. The lowest BCUT2D eigenvalue weighted by atomic mass is 10.2. The molecule has 0 bridgehead atoms. The van der Waals surface area contributed by atoms with Gasteiger partial charge in [0.25, 0.3) is 5.91 Å². The van der Waals surface area contributed by atoms with E-state index in [9.17, 15) is 14.4 Å². The highest BCUT2D eigenvalue weighted by Gasteiger charge is 2.05. The topological polar surface area (TPSA) is 98.7 Å². The van der Waals surface area contributed by atoms with Crippen molar-refractivity contribution in [2.45, 2.75) is 32.7 Å². The van der Waals surface area contributed by atoms with Crippen molar-refractivity contribution < 1.29 is 19.5 Å². The minimum atomic E-state index is -1.24. The lowest BCUT2D eigenvalue weighted by Crippen LogP contribution is -2.39. The summed E-state index contributed by atoms with van der Waals surface area (Å²) < 4.78 is 0. The molecule has 7 heteroatoms. The molecule has 0 aliphatic rings. The van der Waals surface area contributed by atoms with Crippen LogP contribution in [0.25, 0.3) is 0 Å². The number of hydrogen-bond acceptors (Lipinski definition) is 4. The highest BCUT2D eigenvalue weighted by atomic mass is 16.4. The standard InChI is InChI=1S/C13H23N3O4/c1-10(2)16(3)9-5-4-8-14-13(20)15-11(17)6-7-12(18)19/h6-7,10H,4-5,8-9H2,1-3H3,(H,18,19)(H2,14,15,17,20). The van der Waals surface area contributed by atoms with Crippen LogP contribution in [0, 0.1) is 0 Å². The van der Waals surface area contributed by atoms with Crippen molar-refractivity contribution in [3.8, 4) is 0 Å². The quantitative estimate of drug-likeness (QED) is 0.447. The van der Waals surface area contributed by atoms with Gasteiger partial charge in [0.2, 0.25) is 0 Å². The molecule has 0 aromatic carbocycles. The highest BCUT2D eigenvalue weighted by molar-refractivity contribution is 6.02. The van der Waals surface area contributed by atoms with Crippen LogP contribution >= 0.6 is 0 Å². The molecule has 3 amide bonds. The van der Waals surface area contributed by atoms with Gasteiger partial charge in [0.15, 0.2) is 0 Å². The summed E-state index contributed by atoms with van der Waals surface area (Å²) in [6, 6.07) is -0.132. The molecule has 114 valence electrons. The van der Waals surface area contributed by atoms with Gasteiger partial charge in [-0.15, -0.1) is 0 Å². The Labute approximate surface area is 119 Å². The van der Waals surface area contributed by atoms with Gasteiger partial charge in [-0.3, -0.25) is 10.1 Å². The van der Waals surface area contributed by atoms with Crippen LogP contribution in [0.4, 0.5) is 4.79 Å². The van der Waals surface area contributed by atoms with Gasteiger partial charge in [0.05, 0.1) is 0 Å². The maximum Gasteiger partial charge on any atom is 0.328 e. The number of rotatable bonds is 8. The van der Waals surface area contributed by atoms with E-state index >= 15 is 0 Å². The number of carboxylic acid groups (broad SMARTS) is 1. The zero-order valence-electron chi connectivity index (χ0n) is 12.2. The normalized spacial score (nSPS) is 11.1. The maximum absolute atomic E-state index is 11.3. The molecule has 3 N–H and O–H groups in total. The number of urea groups is 1. The summed E-state index contributed by atoms with van der Waals surface area (Å²) in [4.78, 5) is 34.7. The van der Waals surface area contributed by atoms with Gasteiger partial charge in [-0.2, -0.15) is 0 Å². The second kappa shape index (κ2) is 9.96. The predicted molar refractivity (Wildman–Crippen MR) is 75.3 cm³/mol. The van der Waals surface area contributed by atoms with Crippen LogP contribution in [0.5, 0.6) is 0 Å². The predicted octanol–water partition coefficient (Wildman–Crippen LogP) is 0.573. The molecule has 0 saturated heterocycles. The van der Waals surface area contributed by atoms with Crippen LogP contribution in [0.15, 0.2) is 12.2 Å². The molecule has 0 aliphatic carbocycles. The van der Waals surface area contributed by atoms with Crippen LogP contribution in [0.3, 0.4) is 0 Å². The number of hydrogen-bond donors (Lipinski definition) is 3. The van der Waals surface area contributed by atoms with Crippen molar-refractivity contribution in [1.29, 1.82) is 0 Å². The van der Waals surface area contributed by atoms with Crippen LogP contribution in [0.1, 0.15) is 26.7 Å². The summed E-state index contributed by atoms with van der Waals surface area (Å²) in [5.74, 6) is -2.00. The lowest BCUT2D eigenvalue weighted by Gasteiger charge is -2.20. The van der Waals surface area contributed by atoms with Gasteiger partial charge in [0.1, 0.15) is 0 Å². The number of unbranched alkanes of at least 4 members (excludes halogenated alkanes) is 1. The molecule has 0 fully saturated rings. The van der Waals surface area contributed by atoms with Crippen LogP contribution in [-0.4, -0.2) is 54.1 Å². The van der Waals surface area contributed by atoms with E-state index in [0.29, 0.717) is 18.7 Å². The Bertz CT molecular complexity index is 367. The molecule has 0 saturated carbocycles. The number of nitrogens with one attached hydrogen (secondary N) is 2. The van der Waals surface area contributed by atoms with E-state index < -0.39 is 17.9 Å². The van der Waals surface area contributed by atoms with E-state index in [1.165, 1.54) is 0 Å². The smallest absolute Gasteiger partial charge is 0.328 e. The SMILES string of the molecule is CC(C)N(C)CCCCNC(=O)NC(=O)C=CC(=O)O. The molecular formula is C13H23N3O4. The summed E-state index contributed by atoms with van der Waals surface area (Å²) >= 11 is 0. The first-order chi connectivity index (χ1) is 9.32. The first kappa shape index (κ1) is 18.1. The highest BCUT2D eigenvalue weighted by Crippen LogP contribution is 1.97. The average Bonchev–Trinajstić information content (AvgIpc) is 2.35. The number of imide groups is 1. The minimum Gasteiger partial charge on any atom is -0.478 e. The Morgan fingerprint density at radius 3 is 2.40 bits per heavy atom. The van der Waals surface area contributed by atoms with E-state index in [4.69, 9.17) is 5.11 Å². The van der Waals surface area contributed by atoms with Crippen molar-refractivity contribution in [3.05, 3.63) is 12.2 Å². The molecule has 0 aliphatic heterocycles. The molecule has 0 heterocycles. The number of aliphatic carboxylic acids is 1. The third-order valence-electron chi connectivity index (χ3n) is 2.72. The van der Waals surface area contributed by atoms with Gasteiger partial charge in [0, 0.05) is 24.7 Å². The summed E-state index contributed by atoms with van der Waals surface area (Å²) in [6.45, 7) is 5.64. The Hall–Kier alpha value is -1.89. The molecule has 20 heavy (non-hydrogen) atoms. The number of carboxylic acids is 1. The fourth-order valence-corrected chi connectivity index (χ4v) is 1.29. The Morgan fingerprint density at radius 1 is 1.20 bits per heavy atom. The van der Waals surface area contributed by atoms with E-state index in [-0.39, 0.29) is 0 Å². The van der Waals surface area contributed by atoms with Crippen molar-refractivity contribution >= 4 is 17.9 Å². The molecular weight excluding hydrogens is 262 g/mol. The van der Waals surface area contributed by atoms with Crippen LogP contribution in [-0.2, 0) is 9.59 Å². The zero-order chi connectivity index (χ0) is 15.5. The zero-order valence-corrected chi connectivity index (χ0v) is 12.2. The van der Waals surface area contributed by atoms with Crippen molar-refractivity contribution in [2.75, 3.05) is 20.1 Å².